The molecule has 1 rings (SSSR count). The van der Waals surface area contributed by atoms with Crippen molar-refractivity contribution < 1.29 is 12.8 Å². The zero-order valence-corrected chi connectivity index (χ0v) is 13.2. The molecule has 0 unspecified atom stereocenters. The Kier molecular flexibility index (Phi) is 6.58. The van der Waals surface area contributed by atoms with E-state index in [9.17, 15) is 12.8 Å². The van der Waals surface area contributed by atoms with Crippen LogP contribution in [0.1, 0.15) is 5.56 Å². The maximum Gasteiger partial charge on any atom is 0.155 e. The molecule has 0 N–H and O–H groups in total. The molecular weight excluding hydrogens is 279 g/mol. The minimum Gasteiger partial charge on any atom is -0.308 e. The number of hydrogen-bond donors (Lipinski definition) is 0. The van der Waals surface area contributed by atoms with Gasteiger partial charge in [-0.2, -0.15) is 0 Å². The zero-order valence-electron chi connectivity index (χ0n) is 12.3. The Labute approximate surface area is 121 Å². The highest BCUT2D eigenvalue weighted by molar-refractivity contribution is 7.90. The summed E-state index contributed by atoms with van der Waals surface area (Å²) in [5, 5.41) is 0. The minimum absolute atomic E-state index is 0.0907. The molecule has 0 saturated heterocycles. The van der Waals surface area contributed by atoms with E-state index in [1.165, 1.54) is 18.2 Å². The third kappa shape index (κ3) is 6.98. The van der Waals surface area contributed by atoms with E-state index in [1.54, 1.807) is 6.07 Å². The van der Waals surface area contributed by atoms with Crippen molar-refractivity contribution in [2.24, 2.45) is 0 Å². The lowest BCUT2D eigenvalue weighted by Gasteiger charge is -2.19. The standard InChI is InChI=1S/C14H23FN2O2S/c1-16(2)7-8-17(3)9-10-20(18,19)12-13-5-4-6-14(15)11-13/h4-6,11H,7-10,12H2,1-3H3. The maximum absolute atomic E-state index is 13.0. The fourth-order valence-corrected chi connectivity index (χ4v) is 3.15. The summed E-state index contributed by atoms with van der Waals surface area (Å²) in [6.45, 7) is 2.20. The Morgan fingerprint density at radius 1 is 1.10 bits per heavy atom. The quantitative estimate of drug-likeness (QED) is 0.724. The summed E-state index contributed by atoms with van der Waals surface area (Å²) in [7, 11) is 2.66. The lowest BCUT2D eigenvalue weighted by molar-refractivity contribution is 0.293. The van der Waals surface area contributed by atoms with Gasteiger partial charge in [0, 0.05) is 19.6 Å². The number of rotatable bonds is 8. The van der Waals surface area contributed by atoms with Crippen molar-refractivity contribution in [1.82, 2.24) is 9.80 Å². The Balaban J connectivity index is 2.45. The number of benzene rings is 1. The van der Waals surface area contributed by atoms with Crippen molar-refractivity contribution in [3.8, 4) is 0 Å². The first-order valence-corrected chi connectivity index (χ1v) is 8.39. The van der Waals surface area contributed by atoms with Gasteiger partial charge in [-0.1, -0.05) is 12.1 Å². The van der Waals surface area contributed by atoms with Crippen molar-refractivity contribution in [2.75, 3.05) is 46.5 Å². The van der Waals surface area contributed by atoms with E-state index in [4.69, 9.17) is 0 Å². The van der Waals surface area contributed by atoms with Gasteiger partial charge in [0.25, 0.3) is 0 Å². The van der Waals surface area contributed by atoms with Crippen LogP contribution in [0.15, 0.2) is 24.3 Å². The van der Waals surface area contributed by atoms with Crippen molar-refractivity contribution in [3.05, 3.63) is 35.6 Å². The van der Waals surface area contributed by atoms with E-state index in [0.717, 1.165) is 13.1 Å². The van der Waals surface area contributed by atoms with Crippen LogP contribution in [-0.4, -0.2) is 64.7 Å². The lowest BCUT2D eigenvalue weighted by Crippen LogP contribution is -2.32. The molecule has 1 aromatic rings. The van der Waals surface area contributed by atoms with Crippen LogP contribution in [0.4, 0.5) is 4.39 Å². The number of halogens is 1. The molecule has 0 aliphatic carbocycles. The molecule has 0 fully saturated rings. The Morgan fingerprint density at radius 2 is 1.80 bits per heavy atom. The van der Waals surface area contributed by atoms with Gasteiger partial charge in [-0.05, 0) is 38.8 Å². The van der Waals surface area contributed by atoms with E-state index in [1.807, 2.05) is 26.0 Å². The molecule has 0 aromatic heterocycles. The largest absolute Gasteiger partial charge is 0.308 e. The van der Waals surface area contributed by atoms with E-state index in [2.05, 4.69) is 4.90 Å². The number of likely N-dealkylation sites (N-methyl/N-ethyl adjacent to an activating group) is 2. The molecule has 0 bridgehead atoms. The predicted molar refractivity (Wildman–Crippen MR) is 79.9 cm³/mol. The van der Waals surface area contributed by atoms with Gasteiger partial charge >= 0.3 is 0 Å². The molecule has 0 heterocycles. The summed E-state index contributed by atoms with van der Waals surface area (Å²) in [6, 6.07) is 5.75. The van der Waals surface area contributed by atoms with Gasteiger partial charge in [-0.15, -0.1) is 0 Å². The monoisotopic (exact) mass is 302 g/mol. The highest BCUT2D eigenvalue weighted by Crippen LogP contribution is 2.09. The van der Waals surface area contributed by atoms with Crippen molar-refractivity contribution >= 4 is 9.84 Å². The van der Waals surface area contributed by atoms with Gasteiger partial charge in [0.2, 0.25) is 0 Å². The van der Waals surface area contributed by atoms with E-state index in [0.29, 0.717) is 12.1 Å². The van der Waals surface area contributed by atoms with Gasteiger partial charge in [-0.3, -0.25) is 0 Å². The van der Waals surface area contributed by atoms with Gasteiger partial charge in [0.1, 0.15) is 5.82 Å². The topological polar surface area (TPSA) is 40.6 Å². The summed E-state index contributed by atoms with van der Waals surface area (Å²) >= 11 is 0. The molecule has 0 amide bonds. The second kappa shape index (κ2) is 7.71. The third-order valence-corrected chi connectivity index (χ3v) is 4.57. The lowest BCUT2D eigenvalue weighted by atomic mass is 10.2. The molecule has 0 spiro atoms. The molecule has 0 radical (unpaired) electrons. The summed E-state index contributed by atoms with van der Waals surface area (Å²) in [6.07, 6.45) is 0. The molecule has 4 nitrogen and oxygen atoms in total. The summed E-state index contributed by atoms with van der Waals surface area (Å²) in [5.41, 5.74) is 0.501. The maximum atomic E-state index is 13.0. The number of nitrogens with zero attached hydrogens (tertiary/aromatic N) is 2. The van der Waals surface area contributed by atoms with Crippen molar-refractivity contribution in [3.63, 3.8) is 0 Å². The first-order chi connectivity index (χ1) is 9.28. The second-order valence-electron chi connectivity index (χ2n) is 5.33. The van der Waals surface area contributed by atoms with E-state index >= 15 is 0 Å². The first kappa shape index (κ1) is 17.1. The Morgan fingerprint density at radius 3 is 2.40 bits per heavy atom. The van der Waals surface area contributed by atoms with E-state index < -0.39 is 15.7 Å². The van der Waals surface area contributed by atoms with Gasteiger partial charge in [0.05, 0.1) is 11.5 Å². The summed E-state index contributed by atoms with van der Waals surface area (Å²) in [4.78, 5) is 4.04. The average Bonchev–Trinajstić information content (AvgIpc) is 2.33. The second-order valence-corrected chi connectivity index (χ2v) is 7.51. The smallest absolute Gasteiger partial charge is 0.155 e. The fourth-order valence-electron chi connectivity index (χ4n) is 1.73. The van der Waals surface area contributed by atoms with Crippen LogP contribution >= 0.6 is 0 Å². The van der Waals surface area contributed by atoms with Crippen LogP contribution in [0.3, 0.4) is 0 Å². The molecule has 1 aromatic carbocycles. The number of sulfone groups is 1. The molecule has 114 valence electrons. The fraction of sp³-hybridized carbons (Fsp3) is 0.571. The van der Waals surface area contributed by atoms with Crippen LogP contribution in [0.5, 0.6) is 0 Å². The van der Waals surface area contributed by atoms with Crippen LogP contribution in [0.2, 0.25) is 0 Å². The molecule has 0 aliphatic rings. The predicted octanol–water partition coefficient (Wildman–Crippen LogP) is 1.23. The molecule has 6 heteroatoms. The normalized spacial score (nSPS) is 12.3. The number of hydrogen-bond acceptors (Lipinski definition) is 4. The van der Waals surface area contributed by atoms with E-state index in [-0.39, 0.29) is 11.5 Å². The van der Waals surface area contributed by atoms with Crippen LogP contribution in [0.25, 0.3) is 0 Å². The molecular formula is C14H23FN2O2S. The van der Waals surface area contributed by atoms with Gasteiger partial charge in [-0.25, -0.2) is 12.8 Å². The van der Waals surface area contributed by atoms with Crippen molar-refractivity contribution in [2.45, 2.75) is 5.75 Å². The zero-order chi connectivity index (χ0) is 15.2. The molecule has 0 aliphatic heterocycles. The van der Waals surface area contributed by atoms with Crippen molar-refractivity contribution in [1.29, 1.82) is 0 Å². The molecule has 20 heavy (non-hydrogen) atoms. The van der Waals surface area contributed by atoms with Gasteiger partial charge < -0.3 is 9.80 Å². The Bertz CT molecular complexity index is 518. The highest BCUT2D eigenvalue weighted by atomic mass is 32.2. The SMILES string of the molecule is CN(C)CCN(C)CCS(=O)(=O)Cc1cccc(F)c1. The minimum atomic E-state index is -3.21. The average molecular weight is 302 g/mol. The van der Waals surface area contributed by atoms with Gasteiger partial charge in [0.15, 0.2) is 9.84 Å². The third-order valence-electron chi connectivity index (χ3n) is 2.99. The Hall–Kier alpha value is -0.980. The summed E-state index contributed by atoms with van der Waals surface area (Å²) in [5.74, 6) is -0.416. The molecule has 0 atom stereocenters. The summed E-state index contributed by atoms with van der Waals surface area (Å²) < 4.78 is 37.0. The first-order valence-electron chi connectivity index (χ1n) is 6.56. The van der Waals surface area contributed by atoms with Crippen LogP contribution in [-0.2, 0) is 15.6 Å². The van der Waals surface area contributed by atoms with Crippen LogP contribution < -0.4 is 0 Å². The molecule has 0 saturated carbocycles. The van der Waals surface area contributed by atoms with Crippen LogP contribution in [0, 0.1) is 5.82 Å². The highest BCUT2D eigenvalue weighted by Gasteiger charge is 2.13.